The summed E-state index contributed by atoms with van der Waals surface area (Å²) in [6.07, 6.45) is 3.72. The number of carbonyl (C=O) groups is 1. The van der Waals surface area contributed by atoms with E-state index in [0.717, 1.165) is 25.8 Å². The average molecular weight is 188 g/mol. The van der Waals surface area contributed by atoms with Gasteiger partial charge in [0, 0.05) is 13.0 Å². The Bertz CT molecular complexity index is 141. The summed E-state index contributed by atoms with van der Waals surface area (Å²) in [5.41, 5.74) is 5.22. The summed E-state index contributed by atoms with van der Waals surface area (Å²) in [6.45, 7) is 2.43. The van der Waals surface area contributed by atoms with Crippen LogP contribution < -0.4 is 11.1 Å². The van der Waals surface area contributed by atoms with Gasteiger partial charge in [0.15, 0.2) is 5.11 Å². The molecule has 0 atom stereocenters. The van der Waals surface area contributed by atoms with E-state index in [0.29, 0.717) is 11.5 Å². The molecule has 0 aromatic carbocycles. The maximum atomic E-state index is 10.5. The zero-order chi connectivity index (χ0) is 9.40. The predicted molar refractivity (Wildman–Crippen MR) is 53.9 cm³/mol. The molecular formula is C8H16N2OS. The Kier molecular flexibility index (Phi) is 6.66. The van der Waals surface area contributed by atoms with Gasteiger partial charge in [-0.3, -0.25) is 0 Å². The molecule has 0 fully saturated rings. The number of Topliss-reactive ketones (excluding diaryl/α,β-unsaturated/α-hetero) is 1. The number of hydrogen-bond acceptors (Lipinski definition) is 2. The van der Waals surface area contributed by atoms with Crippen molar-refractivity contribution in [2.75, 3.05) is 6.54 Å². The van der Waals surface area contributed by atoms with Crippen molar-refractivity contribution in [3.05, 3.63) is 0 Å². The van der Waals surface area contributed by atoms with Gasteiger partial charge in [0.05, 0.1) is 0 Å². The lowest BCUT2D eigenvalue weighted by atomic mass is 10.1. The lowest BCUT2D eigenvalue weighted by Crippen LogP contribution is -2.29. The molecule has 0 rings (SSSR count). The summed E-state index contributed by atoms with van der Waals surface area (Å²) in [4.78, 5) is 10.5. The largest absolute Gasteiger partial charge is 0.376 e. The van der Waals surface area contributed by atoms with E-state index < -0.39 is 0 Å². The topological polar surface area (TPSA) is 55.1 Å². The fraction of sp³-hybridized carbons (Fsp3) is 0.750. The van der Waals surface area contributed by atoms with Crippen molar-refractivity contribution in [3.8, 4) is 0 Å². The van der Waals surface area contributed by atoms with Crippen molar-refractivity contribution in [1.29, 1.82) is 0 Å². The molecule has 0 saturated heterocycles. The lowest BCUT2D eigenvalue weighted by molar-refractivity contribution is -0.117. The molecule has 3 N–H and O–H groups in total. The van der Waals surface area contributed by atoms with Crippen LogP contribution in [0.15, 0.2) is 0 Å². The molecule has 0 aliphatic carbocycles. The van der Waals surface area contributed by atoms with Crippen LogP contribution >= 0.6 is 12.2 Å². The molecular weight excluding hydrogens is 172 g/mol. The van der Waals surface area contributed by atoms with Crippen molar-refractivity contribution >= 4 is 23.1 Å². The maximum absolute atomic E-state index is 10.5. The molecule has 0 radical (unpaired) electrons. The van der Waals surface area contributed by atoms with Crippen molar-refractivity contribution < 1.29 is 4.79 Å². The van der Waals surface area contributed by atoms with Gasteiger partial charge < -0.3 is 15.8 Å². The number of carbonyl (C=O) groups excluding carboxylic acids is 1. The fourth-order valence-electron chi connectivity index (χ4n) is 0.887. The smallest absolute Gasteiger partial charge is 0.163 e. The highest BCUT2D eigenvalue weighted by atomic mass is 32.1. The Labute approximate surface area is 78.7 Å². The number of thiocarbonyl (C=S) groups is 1. The second-order valence-corrected chi connectivity index (χ2v) is 3.24. The maximum Gasteiger partial charge on any atom is 0.163 e. The zero-order valence-corrected chi connectivity index (χ0v) is 8.25. The van der Waals surface area contributed by atoms with Gasteiger partial charge >= 0.3 is 0 Å². The first kappa shape index (κ1) is 11.4. The monoisotopic (exact) mass is 188 g/mol. The van der Waals surface area contributed by atoms with Gasteiger partial charge in [0.2, 0.25) is 0 Å². The Hall–Kier alpha value is -0.640. The van der Waals surface area contributed by atoms with Crippen molar-refractivity contribution in [1.82, 2.24) is 5.32 Å². The SMILES string of the molecule is CC(=O)CCCCCNC(N)=S. The summed E-state index contributed by atoms with van der Waals surface area (Å²) in [6, 6.07) is 0. The van der Waals surface area contributed by atoms with Crippen molar-refractivity contribution in [2.45, 2.75) is 32.6 Å². The van der Waals surface area contributed by atoms with Gasteiger partial charge in [-0.1, -0.05) is 6.42 Å². The van der Waals surface area contributed by atoms with Gasteiger partial charge in [-0.2, -0.15) is 0 Å². The van der Waals surface area contributed by atoms with Gasteiger partial charge in [0.25, 0.3) is 0 Å². The number of unbranched alkanes of at least 4 members (excludes halogenated alkanes) is 2. The first-order valence-electron chi connectivity index (χ1n) is 4.15. The van der Waals surface area contributed by atoms with Gasteiger partial charge in [0.1, 0.15) is 5.78 Å². The molecule has 0 aromatic heterocycles. The van der Waals surface area contributed by atoms with E-state index >= 15 is 0 Å². The van der Waals surface area contributed by atoms with Crippen LogP contribution in [0, 0.1) is 0 Å². The molecule has 4 heteroatoms. The first-order valence-corrected chi connectivity index (χ1v) is 4.56. The Balaban J connectivity index is 3.01. The summed E-state index contributed by atoms with van der Waals surface area (Å²) in [7, 11) is 0. The summed E-state index contributed by atoms with van der Waals surface area (Å²) in [5, 5.41) is 3.21. The number of nitrogens with one attached hydrogen (secondary N) is 1. The van der Waals surface area contributed by atoms with Gasteiger partial charge in [-0.15, -0.1) is 0 Å². The standard InChI is InChI=1S/C8H16N2OS/c1-7(11)5-3-2-4-6-10-8(9)12/h2-6H2,1H3,(H3,9,10,12). The number of hydrogen-bond donors (Lipinski definition) is 2. The Morgan fingerprint density at radius 3 is 2.58 bits per heavy atom. The normalized spacial score (nSPS) is 9.42. The molecule has 12 heavy (non-hydrogen) atoms. The van der Waals surface area contributed by atoms with E-state index in [-0.39, 0.29) is 5.78 Å². The molecule has 0 amide bonds. The number of rotatable bonds is 6. The van der Waals surface area contributed by atoms with Crippen molar-refractivity contribution in [2.24, 2.45) is 5.73 Å². The van der Waals surface area contributed by atoms with Crippen LogP contribution in [0.25, 0.3) is 0 Å². The zero-order valence-electron chi connectivity index (χ0n) is 7.43. The summed E-state index contributed by atoms with van der Waals surface area (Å²) in [5.74, 6) is 0.261. The van der Waals surface area contributed by atoms with E-state index in [1.165, 1.54) is 0 Å². The predicted octanol–water partition coefficient (Wildman–Crippen LogP) is 0.969. The quantitative estimate of drug-likeness (QED) is 0.482. The van der Waals surface area contributed by atoms with Crippen LogP contribution in [0.4, 0.5) is 0 Å². The highest BCUT2D eigenvalue weighted by Gasteiger charge is 1.93. The Morgan fingerprint density at radius 1 is 1.42 bits per heavy atom. The van der Waals surface area contributed by atoms with Gasteiger partial charge in [-0.05, 0) is 32.0 Å². The van der Waals surface area contributed by atoms with Crippen LogP contribution in [-0.4, -0.2) is 17.4 Å². The molecule has 0 spiro atoms. The molecule has 0 aliphatic rings. The molecule has 70 valence electrons. The number of ketones is 1. The molecule has 0 saturated carbocycles. The van der Waals surface area contributed by atoms with Crippen LogP contribution in [0.3, 0.4) is 0 Å². The van der Waals surface area contributed by atoms with Gasteiger partial charge in [-0.25, -0.2) is 0 Å². The Morgan fingerprint density at radius 2 is 2.08 bits per heavy atom. The molecule has 0 heterocycles. The minimum absolute atomic E-state index is 0.261. The minimum atomic E-state index is 0.261. The summed E-state index contributed by atoms with van der Waals surface area (Å²) >= 11 is 4.63. The minimum Gasteiger partial charge on any atom is -0.376 e. The van der Waals surface area contributed by atoms with E-state index in [1.807, 2.05) is 0 Å². The molecule has 0 aromatic rings. The summed E-state index contributed by atoms with van der Waals surface area (Å²) < 4.78 is 0. The second-order valence-electron chi connectivity index (χ2n) is 2.80. The third-order valence-corrected chi connectivity index (χ3v) is 1.65. The molecule has 0 unspecified atom stereocenters. The third-order valence-electron chi connectivity index (χ3n) is 1.50. The van der Waals surface area contributed by atoms with Crippen molar-refractivity contribution in [3.63, 3.8) is 0 Å². The molecule has 0 bridgehead atoms. The highest BCUT2D eigenvalue weighted by molar-refractivity contribution is 7.80. The van der Waals surface area contributed by atoms with Crippen LogP contribution in [0.2, 0.25) is 0 Å². The molecule has 3 nitrogen and oxygen atoms in total. The van der Waals surface area contributed by atoms with E-state index in [9.17, 15) is 4.79 Å². The molecule has 0 aliphatic heterocycles. The van der Waals surface area contributed by atoms with E-state index in [1.54, 1.807) is 6.92 Å². The van der Waals surface area contributed by atoms with E-state index in [4.69, 9.17) is 5.73 Å². The van der Waals surface area contributed by atoms with Crippen LogP contribution in [0.5, 0.6) is 0 Å². The fourth-order valence-corrected chi connectivity index (χ4v) is 0.989. The third kappa shape index (κ3) is 9.36. The highest BCUT2D eigenvalue weighted by Crippen LogP contribution is 1.98. The van der Waals surface area contributed by atoms with Crippen LogP contribution in [-0.2, 0) is 4.79 Å². The van der Waals surface area contributed by atoms with E-state index in [2.05, 4.69) is 17.5 Å². The second kappa shape index (κ2) is 7.03. The number of nitrogens with two attached hydrogens (primary N) is 1. The first-order chi connectivity index (χ1) is 5.63. The lowest BCUT2D eigenvalue weighted by Gasteiger charge is -2.02. The van der Waals surface area contributed by atoms with Crippen LogP contribution in [0.1, 0.15) is 32.6 Å². The average Bonchev–Trinajstić information content (AvgIpc) is 1.95.